The van der Waals surface area contributed by atoms with E-state index in [0.717, 1.165) is 16.8 Å². The van der Waals surface area contributed by atoms with Crippen molar-refractivity contribution in [2.45, 2.75) is 13.8 Å². The molecule has 0 spiro atoms. The molecule has 0 aromatic heterocycles. The van der Waals surface area contributed by atoms with Crippen LogP contribution in [0.2, 0.25) is 0 Å². The van der Waals surface area contributed by atoms with Gasteiger partial charge >= 0.3 is 0 Å². The SMILES string of the molecule is C/C(=N/NC=O)c1ccccc1C. The van der Waals surface area contributed by atoms with Gasteiger partial charge in [-0.15, -0.1) is 0 Å². The fourth-order valence-corrected chi connectivity index (χ4v) is 1.16. The molecule has 1 aromatic carbocycles. The van der Waals surface area contributed by atoms with Crippen molar-refractivity contribution >= 4 is 12.1 Å². The van der Waals surface area contributed by atoms with Crippen molar-refractivity contribution < 1.29 is 4.79 Å². The molecule has 1 aromatic rings. The molecule has 0 aliphatic carbocycles. The number of amides is 1. The lowest BCUT2D eigenvalue weighted by Crippen LogP contribution is -2.07. The van der Waals surface area contributed by atoms with E-state index in [1.165, 1.54) is 0 Å². The monoisotopic (exact) mass is 176 g/mol. The minimum Gasteiger partial charge on any atom is -0.277 e. The molecule has 1 amide bonds. The summed E-state index contributed by atoms with van der Waals surface area (Å²) in [6.45, 7) is 3.87. The number of benzene rings is 1. The molecule has 68 valence electrons. The minimum absolute atomic E-state index is 0.557. The smallest absolute Gasteiger partial charge is 0.227 e. The Kier molecular flexibility index (Phi) is 3.20. The van der Waals surface area contributed by atoms with Crippen LogP contribution in [0.5, 0.6) is 0 Å². The van der Waals surface area contributed by atoms with Gasteiger partial charge in [-0.2, -0.15) is 5.10 Å². The zero-order valence-electron chi connectivity index (χ0n) is 7.74. The fourth-order valence-electron chi connectivity index (χ4n) is 1.16. The van der Waals surface area contributed by atoms with Crippen LogP contribution in [-0.2, 0) is 4.79 Å². The zero-order chi connectivity index (χ0) is 9.68. The number of nitrogens with one attached hydrogen (secondary N) is 1. The molecule has 3 heteroatoms. The first-order valence-corrected chi connectivity index (χ1v) is 4.05. The van der Waals surface area contributed by atoms with Crippen molar-refractivity contribution in [1.29, 1.82) is 0 Å². The topological polar surface area (TPSA) is 41.5 Å². The van der Waals surface area contributed by atoms with Crippen LogP contribution < -0.4 is 5.43 Å². The molecule has 0 saturated carbocycles. The average Bonchev–Trinajstić information content (AvgIpc) is 2.15. The third-order valence-electron chi connectivity index (χ3n) is 1.82. The molecule has 0 heterocycles. The van der Waals surface area contributed by atoms with Crippen LogP contribution in [0.1, 0.15) is 18.1 Å². The van der Waals surface area contributed by atoms with Gasteiger partial charge in [-0.25, -0.2) is 5.43 Å². The van der Waals surface area contributed by atoms with Crippen molar-refractivity contribution in [3.05, 3.63) is 35.4 Å². The largest absolute Gasteiger partial charge is 0.277 e. The molecule has 1 N–H and O–H groups in total. The second-order valence-corrected chi connectivity index (χ2v) is 2.76. The maximum Gasteiger partial charge on any atom is 0.227 e. The van der Waals surface area contributed by atoms with Crippen molar-refractivity contribution in [3.8, 4) is 0 Å². The number of rotatable bonds is 3. The Labute approximate surface area is 77.5 Å². The summed E-state index contributed by atoms with van der Waals surface area (Å²) in [5.74, 6) is 0. The van der Waals surface area contributed by atoms with E-state index in [1.54, 1.807) is 0 Å². The molecule has 0 saturated heterocycles. The van der Waals surface area contributed by atoms with Gasteiger partial charge in [-0.05, 0) is 19.4 Å². The van der Waals surface area contributed by atoms with Gasteiger partial charge in [0, 0.05) is 5.56 Å². The van der Waals surface area contributed by atoms with Crippen molar-refractivity contribution in [2.75, 3.05) is 0 Å². The lowest BCUT2D eigenvalue weighted by atomic mass is 10.1. The van der Waals surface area contributed by atoms with Crippen LogP contribution in [0.15, 0.2) is 29.4 Å². The Bertz CT molecular complexity index is 331. The summed E-state index contributed by atoms with van der Waals surface area (Å²) < 4.78 is 0. The van der Waals surface area contributed by atoms with Gasteiger partial charge in [0.1, 0.15) is 0 Å². The molecule has 0 radical (unpaired) electrons. The van der Waals surface area contributed by atoms with Crippen LogP contribution in [0, 0.1) is 6.92 Å². The van der Waals surface area contributed by atoms with Crippen molar-refractivity contribution in [3.63, 3.8) is 0 Å². The normalized spacial score (nSPS) is 11.1. The lowest BCUT2D eigenvalue weighted by molar-refractivity contribution is -0.109. The van der Waals surface area contributed by atoms with E-state index in [0.29, 0.717) is 6.41 Å². The molecule has 1 rings (SSSR count). The summed E-state index contributed by atoms with van der Waals surface area (Å²) in [4.78, 5) is 10.0. The minimum atomic E-state index is 0.557. The summed E-state index contributed by atoms with van der Waals surface area (Å²) in [5.41, 5.74) is 5.29. The van der Waals surface area contributed by atoms with Gasteiger partial charge in [0.05, 0.1) is 5.71 Å². The number of hydrogen-bond donors (Lipinski definition) is 1. The van der Waals surface area contributed by atoms with E-state index >= 15 is 0 Å². The first-order chi connectivity index (χ1) is 6.25. The molecular formula is C10H12N2O. The van der Waals surface area contributed by atoms with Crippen molar-refractivity contribution in [2.24, 2.45) is 5.10 Å². The average molecular weight is 176 g/mol. The van der Waals surface area contributed by atoms with E-state index in [2.05, 4.69) is 10.5 Å². The summed E-state index contributed by atoms with van der Waals surface area (Å²) in [5, 5.41) is 3.87. The Morgan fingerprint density at radius 2 is 2.15 bits per heavy atom. The molecule has 3 nitrogen and oxygen atoms in total. The number of hydrogen-bond acceptors (Lipinski definition) is 2. The van der Waals surface area contributed by atoms with Crippen LogP contribution >= 0.6 is 0 Å². The highest BCUT2D eigenvalue weighted by Gasteiger charge is 1.99. The predicted octanol–water partition coefficient (Wildman–Crippen LogP) is 1.47. The molecular weight excluding hydrogens is 164 g/mol. The predicted molar refractivity (Wildman–Crippen MR) is 52.6 cm³/mol. The van der Waals surface area contributed by atoms with E-state index in [-0.39, 0.29) is 0 Å². The number of carbonyl (C=O) groups excluding carboxylic acids is 1. The van der Waals surface area contributed by atoms with Crippen LogP contribution in [0.4, 0.5) is 0 Å². The standard InChI is InChI=1S/C10H12N2O/c1-8-5-3-4-6-10(8)9(2)12-11-7-13/h3-7H,1-2H3,(H,11,13)/b12-9-. The quantitative estimate of drug-likeness (QED) is 0.423. The number of aryl methyl sites for hydroxylation is 1. The Morgan fingerprint density at radius 1 is 1.46 bits per heavy atom. The second-order valence-electron chi connectivity index (χ2n) is 2.76. The molecule has 0 aliphatic heterocycles. The number of carbonyl (C=O) groups is 1. The first-order valence-electron chi connectivity index (χ1n) is 4.05. The van der Waals surface area contributed by atoms with Crippen LogP contribution in [0.25, 0.3) is 0 Å². The Hall–Kier alpha value is -1.64. The van der Waals surface area contributed by atoms with E-state index < -0.39 is 0 Å². The molecule has 13 heavy (non-hydrogen) atoms. The second kappa shape index (κ2) is 4.40. The summed E-state index contributed by atoms with van der Waals surface area (Å²) in [7, 11) is 0. The number of hydrazone groups is 1. The highest BCUT2D eigenvalue weighted by atomic mass is 16.1. The summed E-state index contributed by atoms with van der Waals surface area (Å²) >= 11 is 0. The van der Waals surface area contributed by atoms with Gasteiger partial charge in [0.15, 0.2) is 0 Å². The van der Waals surface area contributed by atoms with E-state index in [9.17, 15) is 4.79 Å². The molecule has 0 atom stereocenters. The number of nitrogens with zero attached hydrogens (tertiary/aromatic N) is 1. The lowest BCUT2D eigenvalue weighted by Gasteiger charge is -2.03. The highest BCUT2D eigenvalue weighted by Crippen LogP contribution is 2.07. The van der Waals surface area contributed by atoms with Crippen LogP contribution in [-0.4, -0.2) is 12.1 Å². The van der Waals surface area contributed by atoms with Gasteiger partial charge in [0.2, 0.25) is 6.41 Å². The third-order valence-corrected chi connectivity index (χ3v) is 1.82. The third kappa shape index (κ3) is 2.40. The molecule has 0 fully saturated rings. The summed E-state index contributed by atoms with van der Waals surface area (Å²) in [6, 6.07) is 7.90. The zero-order valence-corrected chi connectivity index (χ0v) is 7.74. The first kappa shape index (κ1) is 9.45. The summed E-state index contributed by atoms with van der Waals surface area (Å²) in [6.07, 6.45) is 0.557. The van der Waals surface area contributed by atoms with Gasteiger partial charge in [0.25, 0.3) is 0 Å². The van der Waals surface area contributed by atoms with E-state index in [1.807, 2.05) is 38.1 Å². The highest BCUT2D eigenvalue weighted by molar-refractivity contribution is 6.00. The van der Waals surface area contributed by atoms with Crippen molar-refractivity contribution in [1.82, 2.24) is 5.43 Å². The molecule has 0 unspecified atom stereocenters. The molecule has 0 bridgehead atoms. The fraction of sp³-hybridized carbons (Fsp3) is 0.200. The van der Waals surface area contributed by atoms with Gasteiger partial charge < -0.3 is 0 Å². The van der Waals surface area contributed by atoms with E-state index in [4.69, 9.17) is 0 Å². The van der Waals surface area contributed by atoms with Gasteiger partial charge in [-0.3, -0.25) is 4.79 Å². The molecule has 0 aliphatic rings. The Morgan fingerprint density at radius 3 is 2.77 bits per heavy atom. The Balaban J connectivity index is 2.94. The maximum atomic E-state index is 10.0. The van der Waals surface area contributed by atoms with Crippen LogP contribution in [0.3, 0.4) is 0 Å². The van der Waals surface area contributed by atoms with Gasteiger partial charge in [-0.1, -0.05) is 24.3 Å². The maximum absolute atomic E-state index is 10.0.